The monoisotopic (exact) mass is 402 g/mol. The molecule has 0 radical (unpaired) electrons. The predicted octanol–water partition coefficient (Wildman–Crippen LogP) is 5.04. The van der Waals surface area contributed by atoms with Crippen molar-refractivity contribution < 1.29 is 23.5 Å². The minimum atomic E-state index is -0.863. The van der Waals surface area contributed by atoms with Crippen LogP contribution >= 0.6 is 23.5 Å². The van der Waals surface area contributed by atoms with Gasteiger partial charge in [0.25, 0.3) is 0 Å². The van der Waals surface area contributed by atoms with Crippen LogP contribution in [0.3, 0.4) is 0 Å². The molecule has 2 aromatic carbocycles. The fraction of sp³-hybridized carbons (Fsp3) is 0.0500. The first kappa shape index (κ1) is 20.7. The van der Waals surface area contributed by atoms with Crippen molar-refractivity contribution in [1.82, 2.24) is 0 Å². The fourth-order valence-corrected chi connectivity index (χ4v) is 3.09. The summed E-state index contributed by atoms with van der Waals surface area (Å²) in [6.07, 6.45) is 1.20. The second-order valence-electron chi connectivity index (χ2n) is 5.30. The molecule has 0 fully saturated rings. The molecule has 27 heavy (non-hydrogen) atoms. The van der Waals surface area contributed by atoms with Crippen LogP contribution in [0, 0.1) is 5.82 Å². The average Bonchev–Trinajstić information content (AvgIpc) is 2.63. The Morgan fingerprint density at radius 2 is 1.67 bits per heavy atom. The van der Waals surface area contributed by atoms with E-state index < -0.39 is 11.8 Å². The van der Waals surface area contributed by atoms with E-state index in [-0.39, 0.29) is 21.5 Å². The number of rotatable bonds is 6. The maximum atomic E-state index is 14.2. The normalized spacial score (nSPS) is 10.1. The molecule has 0 unspecified atom stereocenters. The van der Waals surface area contributed by atoms with E-state index in [1.807, 2.05) is 0 Å². The Bertz CT molecular complexity index is 920. The van der Waals surface area contributed by atoms with E-state index in [9.17, 15) is 18.8 Å². The number of benzene rings is 2. The average molecular weight is 402 g/mol. The highest BCUT2D eigenvalue weighted by molar-refractivity contribution is 8.14. The molecule has 4 nitrogen and oxygen atoms in total. The molecule has 2 aromatic rings. The smallest absolute Gasteiger partial charge is 0.346 e. The van der Waals surface area contributed by atoms with Gasteiger partial charge in [0.05, 0.1) is 5.56 Å². The number of thioether (sulfide) groups is 2. The van der Waals surface area contributed by atoms with E-state index in [1.165, 1.54) is 30.3 Å². The molecular formula is C20H15FO4S2. The third-order valence-corrected chi connectivity index (χ3v) is 5.04. The highest BCUT2D eigenvalue weighted by Gasteiger charge is 2.16. The van der Waals surface area contributed by atoms with Gasteiger partial charge in [0.15, 0.2) is 0 Å². The van der Waals surface area contributed by atoms with Gasteiger partial charge in [-0.25, -0.2) is 9.18 Å². The van der Waals surface area contributed by atoms with Crippen molar-refractivity contribution in [3.8, 4) is 5.75 Å². The zero-order valence-electron chi connectivity index (χ0n) is 14.4. The van der Waals surface area contributed by atoms with Gasteiger partial charge in [0, 0.05) is 9.79 Å². The lowest BCUT2D eigenvalue weighted by atomic mass is 10.2. The van der Waals surface area contributed by atoms with Crippen LogP contribution in [0.2, 0.25) is 0 Å². The van der Waals surface area contributed by atoms with Gasteiger partial charge in [-0.15, -0.1) is 0 Å². The van der Waals surface area contributed by atoms with Crippen LogP contribution in [-0.2, 0) is 9.59 Å². The van der Waals surface area contributed by atoms with Crippen LogP contribution in [-0.4, -0.2) is 16.2 Å². The summed E-state index contributed by atoms with van der Waals surface area (Å²) in [4.78, 5) is 36.1. The van der Waals surface area contributed by atoms with Crippen LogP contribution < -0.4 is 4.74 Å². The molecule has 0 bridgehead atoms. The van der Waals surface area contributed by atoms with Crippen LogP contribution in [0.15, 0.2) is 77.1 Å². The molecule has 0 spiro atoms. The minimum Gasteiger partial charge on any atom is -0.423 e. The van der Waals surface area contributed by atoms with Crippen LogP contribution in [0.1, 0.15) is 17.3 Å². The molecular weight excluding hydrogens is 387 g/mol. The summed E-state index contributed by atoms with van der Waals surface area (Å²) < 4.78 is 19.3. The number of carbonyl (C=O) groups is 3. The Labute approximate surface area is 164 Å². The number of halogens is 1. The topological polar surface area (TPSA) is 60.4 Å². The van der Waals surface area contributed by atoms with E-state index >= 15 is 0 Å². The number of ether oxygens (including phenoxy) is 1. The fourth-order valence-electron chi connectivity index (χ4n) is 1.81. The zero-order chi connectivity index (χ0) is 20.0. The van der Waals surface area contributed by atoms with E-state index in [4.69, 9.17) is 4.74 Å². The molecule has 0 aliphatic carbocycles. The van der Waals surface area contributed by atoms with Gasteiger partial charge in [0.1, 0.15) is 11.6 Å². The SMILES string of the molecule is C=CC(=O)Sc1ccc(OC(=O)c2ccc(SC(=O)C(=C)C)cc2F)cc1. The molecule has 0 atom stereocenters. The Balaban J connectivity index is 2.07. The van der Waals surface area contributed by atoms with Crippen molar-refractivity contribution in [2.24, 2.45) is 0 Å². The van der Waals surface area contributed by atoms with Crippen molar-refractivity contribution in [2.75, 3.05) is 0 Å². The van der Waals surface area contributed by atoms with Crippen molar-refractivity contribution in [1.29, 1.82) is 0 Å². The van der Waals surface area contributed by atoms with Crippen molar-refractivity contribution in [2.45, 2.75) is 16.7 Å². The van der Waals surface area contributed by atoms with Crippen molar-refractivity contribution in [3.63, 3.8) is 0 Å². The summed E-state index contributed by atoms with van der Waals surface area (Å²) in [7, 11) is 0. The molecule has 0 saturated carbocycles. The lowest BCUT2D eigenvalue weighted by Crippen LogP contribution is -2.10. The molecule has 0 aliphatic heterocycles. The van der Waals surface area contributed by atoms with Gasteiger partial charge in [0.2, 0.25) is 10.2 Å². The van der Waals surface area contributed by atoms with E-state index in [0.29, 0.717) is 15.4 Å². The van der Waals surface area contributed by atoms with Crippen LogP contribution in [0.5, 0.6) is 5.75 Å². The van der Waals surface area contributed by atoms with Gasteiger partial charge >= 0.3 is 5.97 Å². The Kier molecular flexibility index (Phi) is 7.15. The second-order valence-corrected chi connectivity index (χ2v) is 7.42. The highest BCUT2D eigenvalue weighted by Crippen LogP contribution is 2.26. The maximum absolute atomic E-state index is 14.2. The molecule has 0 aromatic heterocycles. The molecule has 0 amide bonds. The maximum Gasteiger partial charge on any atom is 0.346 e. The summed E-state index contributed by atoms with van der Waals surface area (Å²) >= 11 is 1.82. The quantitative estimate of drug-likeness (QED) is 0.292. The highest BCUT2D eigenvalue weighted by atomic mass is 32.2. The predicted molar refractivity (Wildman–Crippen MR) is 105 cm³/mol. The second kappa shape index (κ2) is 9.34. The van der Waals surface area contributed by atoms with E-state index in [1.54, 1.807) is 19.1 Å². The summed E-state index contributed by atoms with van der Waals surface area (Å²) in [6, 6.07) is 10.0. The molecule has 7 heteroatoms. The first-order valence-corrected chi connectivity index (χ1v) is 9.27. The van der Waals surface area contributed by atoms with E-state index in [0.717, 1.165) is 29.6 Å². The summed E-state index contributed by atoms with van der Waals surface area (Å²) in [6.45, 7) is 8.48. The molecule has 0 saturated heterocycles. The number of esters is 1. The van der Waals surface area contributed by atoms with Crippen molar-refractivity contribution >= 4 is 39.7 Å². The number of hydrogen-bond acceptors (Lipinski definition) is 6. The third-order valence-electron chi connectivity index (χ3n) is 3.14. The molecule has 2 rings (SSSR count). The first-order chi connectivity index (χ1) is 12.8. The van der Waals surface area contributed by atoms with E-state index in [2.05, 4.69) is 13.2 Å². The van der Waals surface area contributed by atoms with Gasteiger partial charge in [-0.3, -0.25) is 9.59 Å². The largest absolute Gasteiger partial charge is 0.423 e. The number of hydrogen-bond donors (Lipinski definition) is 0. The third kappa shape index (κ3) is 5.94. The molecule has 0 aliphatic rings. The van der Waals surface area contributed by atoms with Crippen LogP contribution in [0.4, 0.5) is 4.39 Å². The van der Waals surface area contributed by atoms with Gasteiger partial charge in [-0.05, 0) is 84.6 Å². The number of carbonyl (C=O) groups excluding carboxylic acids is 3. The minimum absolute atomic E-state index is 0.204. The summed E-state index contributed by atoms with van der Waals surface area (Å²) in [5, 5.41) is -0.484. The molecule has 0 N–H and O–H groups in total. The van der Waals surface area contributed by atoms with Gasteiger partial charge < -0.3 is 4.74 Å². The Morgan fingerprint density at radius 3 is 2.22 bits per heavy atom. The van der Waals surface area contributed by atoms with Crippen LogP contribution in [0.25, 0.3) is 0 Å². The lowest BCUT2D eigenvalue weighted by molar-refractivity contribution is -0.108. The first-order valence-electron chi connectivity index (χ1n) is 7.64. The van der Waals surface area contributed by atoms with Crippen molar-refractivity contribution in [3.05, 3.63) is 78.7 Å². The Hall–Kier alpha value is -2.64. The summed E-state index contributed by atoms with van der Waals surface area (Å²) in [5.74, 6) is -1.44. The molecule has 0 heterocycles. The molecule has 138 valence electrons. The zero-order valence-corrected chi connectivity index (χ0v) is 16.0. The van der Waals surface area contributed by atoms with Gasteiger partial charge in [-0.2, -0.15) is 0 Å². The lowest BCUT2D eigenvalue weighted by Gasteiger charge is -2.07. The standard InChI is InChI=1S/C20H15FO4S2/c1-4-18(22)26-14-7-5-13(6-8-14)25-19(23)16-10-9-15(11-17(16)21)27-20(24)12(2)3/h4-11H,1-2H2,3H3. The van der Waals surface area contributed by atoms with Gasteiger partial charge in [-0.1, -0.05) is 13.2 Å². The summed E-state index contributed by atoms with van der Waals surface area (Å²) in [5.41, 5.74) is 0.0997. The Morgan fingerprint density at radius 1 is 1.04 bits per heavy atom.